The van der Waals surface area contributed by atoms with Crippen LogP contribution in [0.2, 0.25) is 0 Å². The molecule has 5 heteroatoms. The van der Waals surface area contributed by atoms with Crippen molar-refractivity contribution in [3.8, 4) is 0 Å². The van der Waals surface area contributed by atoms with Crippen molar-refractivity contribution in [1.82, 2.24) is 0 Å². The van der Waals surface area contributed by atoms with E-state index in [0.717, 1.165) is 42.8 Å². The van der Waals surface area contributed by atoms with Gasteiger partial charge < -0.3 is 15.4 Å². The molecular formula is C13H16BrN3O. The van der Waals surface area contributed by atoms with Crippen molar-refractivity contribution in [2.75, 3.05) is 24.7 Å². The van der Waals surface area contributed by atoms with Crippen molar-refractivity contribution in [3.05, 3.63) is 28.7 Å². The highest BCUT2D eigenvalue weighted by atomic mass is 79.9. The minimum atomic E-state index is 0.0240. The molecule has 1 spiro atoms. The van der Waals surface area contributed by atoms with Crippen molar-refractivity contribution in [1.29, 1.82) is 0 Å². The van der Waals surface area contributed by atoms with Gasteiger partial charge in [0.15, 0.2) is 5.96 Å². The first-order valence-electron chi connectivity index (χ1n) is 6.15. The molecule has 0 amide bonds. The number of hydrogen-bond acceptors (Lipinski definition) is 4. The van der Waals surface area contributed by atoms with Gasteiger partial charge in [-0.1, -0.05) is 15.9 Å². The first kappa shape index (κ1) is 12.0. The molecule has 0 bridgehead atoms. The first-order chi connectivity index (χ1) is 8.71. The van der Waals surface area contributed by atoms with Crippen molar-refractivity contribution in [3.63, 3.8) is 0 Å². The van der Waals surface area contributed by atoms with E-state index in [2.05, 4.69) is 38.0 Å². The quantitative estimate of drug-likeness (QED) is 0.864. The summed E-state index contributed by atoms with van der Waals surface area (Å²) in [5, 5.41) is 0. The van der Waals surface area contributed by atoms with E-state index >= 15 is 0 Å². The minimum absolute atomic E-state index is 0.0240. The maximum atomic E-state index is 6.08. The molecule has 1 aromatic rings. The molecule has 0 unspecified atom stereocenters. The highest BCUT2D eigenvalue weighted by Crippen LogP contribution is 2.36. The number of benzene rings is 1. The second-order valence-corrected chi connectivity index (χ2v) is 5.74. The lowest BCUT2D eigenvalue weighted by atomic mass is 9.88. The fourth-order valence-electron chi connectivity index (χ4n) is 2.74. The first-order valence-corrected chi connectivity index (χ1v) is 6.94. The van der Waals surface area contributed by atoms with Crippen molar-refractivity contribution >= 4 is 27.6 Å². The zero-order chi connectivity index (χ0) is 12.6. The molecule has 0 saturated carbocycles. The summed E-state index contributed by atoms with van der Waals surface area (Å²) >= 11 is 3.46. The summed E-state index contributed by atoms with van der Waals surface area (Å²) in [7, 11) is 0. The average Bonchev–Trinajstić information content (AvgIpc) is 2.69. The number of aliphatic imine (C=N–C) groups is 1. The number of halogens is 1. The van der Waals surface area contributed by atoms with Gasteiger partial charge in [0.1, 0.15) is 0 Å². The lowest BCUT2D eigenvalue weighted by Gasteiger charge is -2.41. The Labute approximate surface area is 115 Å². The van der Waals surface area contributed by atoms with Gasteiger partial charge >= 0.3 is 0 Å². The Hall–Kier alpha value is -1.07. The lowest BCUT2D eigenvalue weighted by molar-refractivity contribution is 0.0594. The fraction of sp³-hybridized carbons (Fsp3) is 0.462. The molecule has 1 saturated heterocycles. The van der Waals surface area contributed by atoms with E-state index in [1.54, 1.807) is 0 Å². The van der Waals surface area contributed by atoms with Crippen LogP contribution in [0.1, 0.15) is 12.8 Å². The number of hydrogen-bond donors (Lipinski definition) is 1. The Morgan fingerprint density at radius 2 is 1.89 bits per heavy atom. The predicted octanol–water partition coefficient (Wildman–Crippen LogP) is 2.13. The van der Waals surface area contributed by atoms with E-state index in [4.69, 9.17) is 10.5 Å². The van der Waals surface area contributed by atoms with E-state index in [1.165, 1.54) is 0 Å². The van der Waals surface area contributed by atoms with Crippen LogP contribution in [0.15, 0.2) is 33.7 Å². The van der Waals surface area contributed by atoms with Crippen LogP contribution in [0.4, 0.5) is 5.69 Å². The molecule has 0 aromatic heterocycles. The second-order valence-electron chi connectivity index (χ2n) is 4.82. The average molecular weight is 310 g/mol. The molecule has 0 atom stereocenters. The number of guanidine groups is 1. The van der Waals surface area contributed by atoms with Gasteiger partial charge in [0.05, 0.1) is 12.1 Å². The molecule has 3 rings (SSSR count). The molecule has 0 radical (unpaired) electrons. The van der Waals surface area contributed by atoms with Gasteiger partial charge in [-0.2, -0.15) is 0 Å². The predicted molar refractivity (Wildman–Crippen MR) is 75.9 cm³/mol. The zero-order valence-electron chi connectivity index (χ0n) is 10.1. The Bertz CT molecular complexity index is 466. The van der Waals surface area contributed by atoms with E-state index in [-0.39, 0.29) is 5.54 Å². The molecule has 2 heterocycles. The lowest BCUT2D eigenvalue weighted by Crippen LogP contribution is -2.54. The van der Waals surface area contributed by atoms with E-state index in [1.807, 2.05) is 12.1 Å². The van der Waals surface area contributed by atoms with Gasteiger partial charge in [-0.3, -0.25) is 4.99 Å². The largest absolute Gasteiger partial charge is 0.381 e. The topological polar surface area (TPSA) is 50.9 Å². The minimum Gasteiger partial charge on any atom is -0.381 e. The summed E-state index contributed by atoms with van der Waals surface area (Å²) < 4.78 is 6.54. The highest BCUT2D eigenvalue weighted by Gasteiger charge is 2.44. The Balaban J connectivity index is 1.96. The number of nitrogens with zero attached hydrogens (tertiary/aromatic N) is 2. The highest BCUT2D eigenvalue weighted by molar-refractivity contribution is 9.10. The van der Waals surface area contributed by atoms with Crippen LogP contribution in [-0.2, 0) is 4.74 Å². The Morgan fingerprint density at radius 3 is 2.56 bits per heavy atom. The summed E-state index contributed by atoms with van der Waals surface area (Å²) in [6.07, 6.45) is 1.96. The van der Waals surface area contributed by atoms with E-state index in [0.29, 0.717) is 5.96 Å². The number of nitrogens with two attached hydrogens (primary N) is 1. The molecule has 2 N–H and O–H groups in total. The number of anilines is 1. The fourth-order valence-corrected chi connectivity index (χ4v) is 3.01. The SMILES string of the molecule is NC1=NCC2(CCOCC2)N1c1ccc(Br)cc1. The van der Waals surface area contributed by atoms with Gasteiger partial charge in [0.2, 0.25) is 0 Å². The molecule has 1 aromatic carbocycles. The third kappa shape index (κ3) is 1.91. The Morgan fingerprint density at radius 1 is 1.22 bits per heavy atom. The molecule has 2 aliphatic heterocycles. The smallest absolute Gasteiger partial charge is 0.196 e. The van der Waals surface area contributed by atoms with Crippen LogP contribution in [0.3, 0.4) is 0 Å². The molecule has 18 heavy (non-hydrogen) atoms. The van der Waals surface area contributed by atoms with Crippen LogP contribution in [-0.4, -0.2) is 31.3 Å². The van der Waals surface area contributed by atoms with Gasteiger partial charge in [-0.05, 0) is 37.1 Å². The number of ether oxygens (including phenoxy) is 1. The van der Waals surface area contributed by atoms with Crippen LogP contribution < -0.4 is 10.6 Å². The molecular weight excluding hydrogens is 294 g/mol. The molecule has 0 aliphatic carbocycles. The van der Waals surface area contributed by atoms with Crippen molar-refractivity contribution < 1.29 is 4.74 Å². The van der Waals surface area contributed by atoms with Crippen LogP contribution in [0, 0.1) is 0 Å². The molecule has 4 nitrogen and oxygen atoms in total. The monoisotopic (exact) mass is 309 g/mol. The van der Waals surface area contributed by atoms with Crippen molar-refractivity contribution in [2.45, 2.75) is 18.4 Å². The van der Waals surface area contributed by atoms with Crippen molar-refractivity contribution in [2.24, 2.45) is 10.7 Å². The summed E-state index contributed by atoms with van der Waals surface area (Å²) in [4.78, 5) is 6.63. The zero-order valence-corrected chi connectivity index (χ0v) is 11.7. The summed E-state index contributed by atoms with van der Waals surface area (Å²) in [5.41, 5.74) is 7.21. The van der Waals surface area contributed by atoms with Gasteiger partial charge in [-0.15, -0.1) is 0 Å². The van der Waals surface area contributed by atoms with E-state index < -0.39 is 0 Å². The maximum Gasteiger partial charge on any atom is 0.196 e. The number of rotatable bonds is 1. The molecule has 2 aliphatic rings. The summed E-state index contributed by atoms with van der Waals surface area (Å²) in [6.45, 7) is 2.35. The van der Waals surface area contributed by atoms with Gasteiger partial charge in [0.25, 0.3) is 0 Å². The second kappa shape index (κ2) is 4.55. The summed E-state index contributed by atoms with van der Waals surface area (Å²) in [6, 6.07) is 8.23. The molecule has 96 valence electrons. The van der Waals surface area contributed by atoms with E-state index in [9.17, 15) is 0 Å². The van der Waals surface area contributed by atoms with Gasteiger partial charge in [0, 0.05) is 23.4 Å². The Kier molecular flexibility index (Phi) is 3.03. The third-order valence-corrected chi connectivity index (χ3v) is 4.28. The van der Waals surface area contributed by atoms with Gasteiger partial charge in [-0.25, -0.2) is 0 Å². The van der Waals surface area contributed by atoms with Crippen LogP contribution in [0.5, 0.6) is 0 Å². The molecule has 1 fully saturated rings. The summed E-state index contributed by atoms with van der Waals surface area (Å²) in [5.74, 6) is 0.624. The van der Waals surface area contributed by atoms with Crippen LogP contribution >= 0.6 is 15.9 Å². The third-order valence-electron chi connectivity index (χ3n) is 3.75. The standard InChI is InChI=1S/C13H16BrN3O/c14-10-1-3-11(4-2-10)17-12(15)16-9-13(17)5-7-18-8-6-13/h1-4H,5-9H2,(H2,15,16). The van der Waals surface area contributed by atoms with Crippen LogP contribution in [0.25, 0.3) is 0 Å². The maximum absolute atomic E-state index is 6.08. The normalized spacial score (nSPS) is 22.3.